The van der Waals surface area contributed by atoms with Gasteiger partial charge in [-0.05, 0) is 32.1 Å². The third-order valence-electron chi connectivity index (χ3n) is 4.68. The molecule has 1 aliphatic heterocycles. The molecule has 2 atom stereocenters. The van der Waals surface area contributed by atoms with Gasteiger partial charge < -0.3 is 4.74 Å². The highest BCUT2D eigenvalue weighted by molar-refractivity contribution is 5.76. The number of esters is 1. The van der Waals surface area contributed by atoms with Crippen LogP contribution in [0.15, 0.2) is 0 Å². The minimum absolute atomic E-state index is 0.00146. The van der Waals surface area contributed by atoms with Crippen molar-refractivity contribution in [2.75, 3.05) is 6.61 Å². The van der Waals surface area contributed by atoms with E-state index in [-0.39, 0.29) is 16.8 Å². The van der Waals surface area contributed by atoms with Crippen LogP contribution in [0.5, 0.6) is 0 Å². The fraction of sp³-hybridized carbons (Fsp3) is 0.929. The highest BCUT2D eigenvalue weighted by atomic mass is 16.5. The second kappa shape index (κ2) is 4.77. The number of rotatable bonds is 2. The molecule has 1 saturated heterocycles. The lowest BCUT2D eigenvalue weighted by molar-refractivity contribution is -0.163. The maximum absolute atomic E-state index is 12.0. The predicted octanol–water partition coefficient (Wildman–Crippen LogP) is 3.79. The molecule has 0 aromatic carbocycles. The van der Waals surface area contributed by atoms with E-state index in [1.807, 2.05) is 6.92 Å². The van der Waals surface area contributed by atoms with Crippen LogP contribution in [0.2, 0.25) is 0 Å². The first kappa shape index (κ1) is 13.5. The molecule has 2 heteroatoms. The Bertz CT molecular complexity index is 259. The molecule has 0 saturated carbocycles. The molecule has 0 aliphatic carbocycles. The SMILES string of the molecule is CCC1(C)CCCC(C)(C(C)C)COC1=O. The Morgan fingerprint density at radius 2 is 1.94 bits per heavy atom. The van der Waals surface area contributed by atoms with Gasteiger partial charge in [0, 0.05) is 5.41 Å². The van der Waals surface area contributed by atoms with Gasteiger partial charge in [0.15, 0.2) is 0 Å². The lowest BCUT2D eigenvalue weighted by Crippen LogP contribution is -2.38. The van der Waals surface area contributed by atoms with E-state index in [1.54, 1.807) is 0 Å². The van der Waals surface area contributed by atoms with E-state index in [4.69, 9.17) is 4.74 Å². The van der Waals surface area contributed by atoms with E-state index in [0.717, 1.165) is 25.7 Å². The molecule has 2 unspecified atom stereocenters. The van der Waals surface area contributed by atoms with Crippen molar-refractivity contribution in [1.29, 1.82) is 0 Å². The smallest absolute Gasteiger partial charge is 0.311 e. The van der Waals surface area contributed by atoms with Crippen LogP contribution in [0.4, 0.5) is 0 Å². The molecule has 1 aliphatic rings. The number of hydrogen-bond donors (Lipinski definition) is 0. The Kier molecular flexibility index (Phi) is 4.03. The first-order chi connectivity index (χ1) is 7.34. The van der Waals surface area contributed by atoms with Crippen molar-refractivity contribution in [3.05, 3.63) is 0 Å². The molecule has 0 aromatic rings. The molecule has 1 fully saturated rings. The number of cyclic esters (lactones) is 1. The number of carbonyl (C=O) groups is 1. The average Bonchev–Trinajstić information content (AvgIpc) is 2.23. The molecular weight excluding hydrogens is 200 g/mol. The second-order valence-electron chi connectivity index (χ2n) is 6.15. The van der Waals surface area contributed by atoms with Crippen molar-refractivity contribution in [3.8, 4) is 0 Å². The summed E-state index contributed by atoms with van der Waals surface area (Å²) in [6.07, 6.45) is 4.14. The van der Waals surface area contributed by atoms with Crippen LogP contribution in [0.25, 0.3) is 0 Å². The largest absolute Gasteiger partial charge is 0.465 e. The van der Waals surface area contributed by atoms with Crippen LogP contribution < -0.4 is 0 Å². The third kappa shape index (κ3) is 2.58. The molecule has 0 bridgehead atoms. The van der Waals surface area contributed by atoms with Crippen LogP contribution >= 0.6 is 0 Å². The van der Waals surface area contributed by atoms with Gasteiger partial charge in [0.2, 0.25) is 0 Å². The Labute approximate surface area is 99.8 Å². The third-order valence-corrected chi connectivity index (χ3v) is 4.68. The lowest BCUT2D eigenvalue weighted by Gasteiger charge is -2.38. The van der Waals surface area contributed by atoms with Crippen LogP contribution in [0.1, 0.15) is 60.3 Å². The standard InChI is InChI=1S/C14H26O2/c1-6-13(4)8-7-9-14(5,11(2)3)10-16-12(13)15/h11H,6-10H2,1-5H3. The van der Waals surface area contributed by atoms with Gasteiger partial charge >= 0.3 is 5.97 Å². The van der Waals surface area contributed by atoms with E-state index < -0.39 is 0 Å². The van der Waals surface area contributed by atoms with Crippen molar-refractivity contribution in [2.24, 2.45) is 16.7 Å². The number of ether oxygens (including phenoxy) is 1. The van der Waals surface area contributed by atoms with Crippen molar-refractivity contribution in [3.63, 3.8) is 0 Å². The normalized spacial score (nSPS) is 36.8. The average molecular weight is 226 g/mol. The fourth-order valence-corrected chi connectivity index (χ4v) is 2.24. The van der Waals surface area contributed by atoms with Crippen LogP contribution in [0.3, 0.4) is 0 Å². The van der Waals surface area contributed by atoms with E-state index in [9.17, 15) is 4.79 Å². The Balaban J connectivity index is 2.75. The van der Waals surface area contributed by atoms with E-state index >= 15 is 0 Å². The van der Waals surface area contributed by atoms with Crippen molar-refractivity contribution >= 4 is 5.97 Å². The highest BCUT2D eigenvalue weighted by Gasteiger charge is 2.39. The molecule has 0 N–H and O–H groups in total. The Morgan fingerprint density at radius 3 is 2.44 bits per heavy atom. The predicted molar refractivity (Wildman–Crippen MR) is 66.2 cm³/mol. The van der Waals surface area contributed by atoms with Gasteiger partial charge in [-0.15, -0.1) is 0 Å². The summed E-state index contributed by atoms with van der Waals surface area (Å²) in [5.41, 5.74) is -0.0942. The summed E-state index contributed by atoms with van der Waals surface area (Å²) < 4.78 is 5.53. The molecule has 0 spiro atoms. The number of hydrogen-bond acceptors (Lipinski definition) is 2. The molecule has 2 nitrogen and oxygen atoms in total. The maximum Gasteiger partial charge on any atom is 0.311 e. The first-order valence-corrected chi connectivity index (χ1v) is 6.51. The van der Waals surface area contributed by atoms with E-state index in [0.29, 0.717) is 12.5 Å². The zero-order chi connectivity index (χ0) is 12.4. The number of carbonyl (C=O) groups excluding carboxylic acids is 1. The Morgan fingerprint density at radius 1 is 1.31 bits per heavy atom. The van der Waals surface area contributed by atoms with Crippen molar-refractivity contribution in [1.82, 2.24) is 0 Å². The van der Waals surface area contributed by atoms with Gasteiger partial charge in [-0.2, -0.15) is 0 Å². The summed E-state index contributed by atoms with van der Waals surface area (Å²) in [6.45, 7) is 11.4. The Hall–Kier alpha value is -0.530. The first-order valence-electron chi connectivity index (χ1n) is 6.51. The van der Waals surface area contributed by atoms with Crippen molar-refractivity contribution in [2.45, 2.75) is 60.3 Å². The summed E-state index contributed by atoms with van der Waals surface area (Å²) in [7, 11) is 0. The van der Waals surface area contributed by atoms with Crippen LogP contribution in [0, 0.1) is 16.7 Å². The fourth-order valence-electron chi connectivity index (χ4n) is 2.24. The van der Waals surface area contributed by atoms with Gasteiger partial charge in [-0.25, -0.2) is 0 Å². The lowest BCUT2D eigenvalue weighted by atomic mass is 9.72. The molecule has 1 rings (SSSR count). The summed E-state index contributed by atoms with van der Waals surface area (Å²) in [5.74, 6) is 0.563. The zero-order valence-electron chi connectivity index (χ0n) is 11.4. The molecular formula is C14H26O2. The summed E-state index contributed by atoms with van der Waals surface area (Å²) >= 11 is 0. The van der Waals surface area contributed by atoms with Gasteiger partial charge in [0.05, 0.1) is 12.0 Å². The molecule has 94 valence electrons. The van der Waals surface area contributed by atoms with Gasteiger partial charge in [0.25, 0.3) is 0 Å². The summed E-state index contributed by atoms with van der Waals surface area (Å²) in [6, 6.07) is 0. The molecule has 0 aromatic heterocycles. The monoisotopic (exact) mass is 226 g/mol. The quantitative estimate of drug-likeness (QED) is 0.670. The summed E-state index contributed by atoms with van der Waals surface area (Å²) in [5, 5.41) is 0. The topological polar surface area (TPSA) is 26.3 Å². The van der Waals surface area contributed by atoms with E-state index in [2.05, 4.69) is 27.7 Å². The molecule has 1 heterocycles. The summed E-state index contributed by atoms with van der Waals surface area (Å²) in [4.78, 5) is 12.0. The second-order valence-corrected chi connectivity index (χ2v) is 6.15. The van der Waals surface area contributed by atoms with Gasteiger partial charge in [-0.1, -0.05) is 34.1 Å². The van der Waals surface area contributed by atoms with Crippen molar-refractivity contribution < 1.29 is 9.53 Å². The minimum Gasteiger partial charge on any atom is -0.465 e. The van der Waals surface area contributed by atoms with Gasteiger partial charge in [0.1, 0.15) is 0 Å². The molecule has 0 amide bonds. The maximum atomic E-state index is 12.0. The zero-order valence-corrected chi connectivity index (χ0v) is 11.4. The minimum atomic E-state index is -0.252. The van der Waals surface area contributed by atoms with E-state index in [1.165, 1.54) is 0 Å². The van der Waals surface area contributed by atoms with Crippen LogP contribution in [-0.2, 0) is 9.53 Å². The molecule has 0 radical (unpaired) electrons. The molecule has 16 heavy (non-hydrogen) atoms. The van der Waals surface area contributed by atoms with Gasteiger partial charge in [-0.3, -0.25) is 4.79 Å². The van der Waals surface area contributed by atoms with Crippen LogP contribution in [-0.4, -0.2) is 12.6 Å². The highest BCUT2D eigenvalue weighted by Crippen LogP contribution is 2.40.